The molecule has 0 bridgehead atoms. The number of amides is 1. The van der Waals surface area contributed by atoms with E-state index in [0.717, 1.165) is 5.69 Å². The van der Waals surface area contributed by atoms with E-state index >= 15 is 0 Å². The molecule has 21 heavy (non-hydrogen) atoms. The number of anilines is 2. The lowest BCUT2D eigenvalue weighted by Crippen LogP contribution is -2.21. The quantitative estimate of drug-likeness (QED) is 0.777. The van der Waals surface area contributed by atoms with Crippen LogP contribution in [0.2, 0.25) is 0 Å². The normalized spacial score (nSPS) is 9.95. The fourth-order valence-corrected chi connectivity index (χ4v) is 1.87. The van der Waals surface area contributed by atoms with Crippen LogP contribution in [0, 0.1) is 11.3 Å². The molecule has 0 saturated carbocycles. The van der Waals surface area contributed by atoms with E-state index in [-0.39, 0.29) is 12.5 Å². The fourth-order valence-electron chi connectivity index (χ4n) is 1.87. The van der Waals surface area contributed by atoms with Crippen molar-refractivity contribution in [2.75, 3.05) is 30.4 Å². The van der Waals surface area contributed by atoms with Gasteiger partial charge in [-0.3, -0.25) is 4.79 Å². The first kappa shape index (κ1) is 14.6. The Balaban J connectivity index is 2.03. The number of carbonyl (C=O) groups excluding carboxylic acids is 1. The SMILES string of the molecule is CN(CCO)c1ccc(NC(=O)c2ccc(C#N)[nH]2)cc1. The van der Waals surface area contributed by atoms with Crippen molar-refractivity contribution in [2.24, 2.45) is 0 Å². The Bertz CT molecular complexity index is 655. The van der Waals surface area contributed by atoms with Gasteiger partial charge in [-0.15, -0.1) is 0 Å². The summed E-state index contributed by atoms with van der Waals surface area (Å²) in [6, 6.07) is 12.4. The molecule has 0 spiro atoms. The zero-order chi connectivity index (χ0) is 15.2. The summed E-state index contributed by atoms with van der Waals surface area (Å²) in [7, 11) is 1.88. The number of aliphatic hydroxyl groups is 1. The molecule has 0 radical (unpaired) electrons. The molecule has 1 amide bonds. The van der Waals surface area contributed by atoms with Crippen LogP contribution >= 0.6 is 0 Å². The van der Waals surface area contributed by atoms with Gasteiger partial charge in [0, 0.05) is 25.0 Å². The molecule has 0 atom stereocenters. The maximum absolute atomic E-state index is 12.0. The first-order chi connectivity index (χ1) is 10.1. The number of aliphatic hydroxyl groups excluding tert-OH is 1. The number of aromatic nitrogens is 1. The van der Waals surface area contributed by atoms with E-state index < -0.39 is 0 Å². The highest BCUT2D eigenvalue weighted by atomic mass is 16.3. The Hall–Kier alpha value is -2.78. The number of carbonyl (C=O) groups is 1. The average molecular weight is 284 g/mol. The predicted octanol–water partition coefficient (Wildman–Crippen LogP) is 1.57. The van der Waals surface area contributed by atoms with E-state index in [9.17, 15) is 4.79 Å². The molecule has 3 N–H and O–H groups in total. The van der Waals surface area contributed by atoms with Gasteiger partial charge in [0.05, 0.1) is 6.61 Å². The second-order valence-corrected chi connectivity index (χ2v) is 4.54. The van der Waals surface area contributed by atoms with Crippen LogP contribution in [0.3, 0.4) is 0 Å². The molecule has 0 saturated heterocycles. The maximum Gasteiger partial charge on any atom is 0.272 e. The Labute approximate surface area is 122 Å². The molecule has 0 unspecified atom stereocenters. The van der Waals surface area contributed by atoms with Gasteiger partial charge in [0.25, 0.3) is 5.91 Å². The molecule has 0 fully saturated rings. The minimum atomic E-state index is -0.298. The van der Waals surface area contributed by atoms with Crippen molar-refractivity contribution in [1.82, 2.24) is 4.98 Å². The molecule has 0 aliphatic rings. The second kappa shape index (κ2) is 6.59. The van der Waals surface area contributed by atoms with Gasteiger partial charge in [-0.05, 0) is 36.4 Å². The van der Waals surface area contributed by atoms with Crippen LogP contribution in [0.5, 0.6) is 0 Å². The third-order valence-corrected chi connectivity index (χ3v) is 3.05. The standard InChI is InChI=1S/C15H16N4O2/c1-19(8-9-20)13-5-2-11(3-6-13)18-15(21)14-7-4-12(10-16)17-14/h2-7,17,20H,8-9H2,1H3,(H,18,21). The van der Waals surface area contributed by atoms with Crippen molar-refractivity contribution in [3.63, 3.8) is 0 Å². The zero-order valence-electron chi connectivity index (χ0n) is 11.6. The van der Waals surface area contributed by atoms with Crippen LogP contribution in [-0.4, -0.2) is 36.2 Å². The number of rotatable bonds is 5. The number of H-pyrrole nitrogens is 1. The Morgan fingerprint density at radius 1 is 1.33 bits per heavy atom. The van der Waals surface area contributed by atoms with Crippen LogP contribution < -0.4 is 10.2 Å². The number of aromatic amines is 1. The van der Waals surface area contributed by atoms with Crippen LogP contribution in [0.15, 0.2) is 36.4 Å². The number of nitrogens with zero attached hydrogens (tertiary/aromatic N) is 2. The van der Waals surface area contributed by atoms with Crippen molar-refractivity contribution in [1.29, 1.82) is 5.26 Å². The van der Waals surface area contributed by atoms with E-state index in [1.54, 1.807) is 24.3 Å². The van der Waals surface area contributed by atoms with Gasteiger partial charge in [0.15, 0.2) is 0 Å². The van der Waals surface area contributed by atoms with Gasteiger partial charge < -0.3 is 20.3 Å². The molecule has 0 aliphatic heterocycles. The van der Waals surface area contributed by atoms with Crippen molar-refractivity contribution >= 4 is 17.3 Å². The van der Waals surface area contributed by atoms with Gasteiger partial charge in [-0.1, -0.05) is 0 Å². The van der Waals surface area contributed by atoms with Gasteiger partial charge in [-0.2, -0.15) is 5.26 Å². The molecular formula is C15H16N4O2. The minimum Gasteiger partial charge on any atom is -0.395 e. The first-order valence-electron chi connectivity index (χ1n) is 6.46. The minimum absolute atomic E-state index is 0.0863. The summed E-state index contributed by atoms with van der Waals surface area (Å²) in [5, 5.41) is 20.4. The average Bonchev–Trinajstić information content (AvgIpc) is 2.97. The summed E-state index contributed by atoms with van der Waals surface area (Å²) in [4.78, 5) is 16.6. The number of nitrogens with one attached hydrogen (secondary N) is 2. The lowest BCUT2D eigenvalue weighted by atomic mass is 10.2. The van der Waals surface area contributed by atoms with Crippen LogP contribution in [0.25, 0.3) is 0 Å². The lowest BCUT2D eigenvalue weighted by molar-refractivity contribution is 0.102. The molecule has 6 nitrogen and oxygen atoms in total. The van der Waals surface area contributed by atoms with E-state index in [2.05, 4.69) is 10.3 Å². The highest BCUT2D eigenvalue weighted by Crippen LogP contribution is 2.17. The summed E-state index contributed by atoms with van der Waals surface area (Å²) in [6.45, 7) is 0.633. The Kier molecular flexibility index (Phi) is 4.59. The topological polar surface area (TPSA) is 92.2 Å². The monoisotopic (exact) mass is 284 g/mol. The summed E-state index contributed by atoms with van der Waals surface area (Å²) < 4.78 is 0. The predicted molar refractivity (Wildman–Crippen MR) is 80.3 cm³/mol. The lowest BCUT2D eigenvalue weighted by Gasteiger charge is -2.18. The maximum atomic E-state index is 12.0. The number of hydrogen-bond donors (Lipinski definition) is 3. The summed E-state index contributed by atoms with van der Waals surface area (Å²) >= 11 is 0. The number of hydrogen-bond acceptors (Lipinski definition) is 4. The van der Waals surface area contributed by atoms with E-state index in [1.165, 1.54) is 0 Å². The molecule has 1 aromatic heterocycles. The molecule has 0 aliphatic carbocycles. The number of benzene rings is 1. The number of nitriles is 1. The van der Waals surface area contributed by atoms with Gasteiger partial charge >= 0.3 is 0 Å². The van der Waals surface area contributed by atoms with Crippen LogP contribution in [0.1, 0.15) is 16.2 Å². The molecule has 1 aromatic carbocycles. The van der Waals surface area contributed by atoms with Gasteiger partial charge in [0.1, 0.15) is 17.5 Å². The molecule has 2 rings (SSSR count). The summed E-state index contributed by atoms with van der Waals surface area (Å²) in [5.41, 5.74) is 2.30. The van der Waals surface area contributed by atoms with Gasteiger partial charge in [-0.25, -0.2) is 0 Å². The van der Waals surface area contributed by atoms with Crippen molar-refractivity contribution in [3.8, 4) is 6.07 Å². The molecule has 108 valence electrons. The van der Waals surface area contributed by atoms with Crippen molar-refractivity contribution < 1.29 is 9.90 Å². The highest BCUT2D eigenvalue weighted by Gasteiger charge is 2.09. The third-order valence-electron chi connectivity index (χ3n) is 3.05. The first-order valence-corrected chi connectivity index (χ1v) is 6.46. The van der Waals surface area contributed by atoms with Gasteiger partial charge in [0.2, 0.25) is 0 Å². The van der Waals surface area contributed by atoms with Crippen LogP contribution in [-0.2, 0) is 0 Å². The largest absolute Gasteiger partial charge is 0.395 e. The smallest absolute Gasteiger partial charge is 0.272 e. The van der Waals surface area contributed by atoms with Crippen LogP contribution in [0.4, 0.5) is 11.4 Å². The molecule has 6 heteroatoms. The summed E-state index contributed by atoms with van der Waals surface area (Å²) in [6.07, 6.45) is 0. The molecular weight excluding hydrogens is 268 g/mol. The third kappa shape index (κ3) is 3.61. The van der Waals surface area contributed by atoms with E-state index in [0.29, 0.717) is 23.6 Å². The van der Waals surface area contributed by atoms with Crippen molar-refractivity contribution in [3.05, 3.63) is 47.8 Å². The van der Waals surface area contributed by atoms with E-state index in [1.807, 2.05) is 30.1 Å². The highest BCUT2D eigenvalue weighted by molar-refractivity contribution is 6.03. The Morgan fingerprint density at radius 3 is 2.62 bits per heavy atom. The summed E-state index contributed by atoms with van der Waals surface area (Å²) in [5.74, 6) is -0.298. The molecule has 2 aromatic rings. The molecule has 1 heterocycles. The second-order valence-electron chi connectivity index (χ2n) is 4.54. The van der Waals surface area contributed by atoms with Crippen molar-refractivity contribution in [2.45, 2.75) is 0 Å². The van der Waals surface area contributed by atoms with E-state index in [4.69, 9.17) is 10.4 Å². The zero-order valence-corrected chi connectivity index (χ0v) is 11.6. The number of likely N-dealkylation sites (N-methyl/N-ethyl adjacent to an activating group) is 1. The Morgan fingerprint density at radius 2 is 2.05 bits per heavy atom. The fraction of sp³-hybridized carbons (Fsp3) is 0.200.